The summed E-state index contributed by atoms with van der Waals surface area (Å²) in [6.45, 7) is 4.87. The van der Waals surface area contributed by atoms with Gasteiger partial charge in [0.2, 0.25) is 0 Å². The quantitative estimate of drug-likeness (QED) is 0.776. The first-order valence-corrected chi connectivity index (χ1v) is 8.22. The largest absolute Gasteiger partial charge is 0.394 e. The van der Waals surface area contributed by atoms with Crippen molar-refractivity contribution < 1.29 is 5.11 Å². The van der Waals surface area contributed by atoms with Gasteiger partial charge in [0.25, 0.3) is 0 Å². The van der Waals surface area contributed by atoms with Crippen molar-refractivity contribution in [3.63, 3.8) is 0 Å². The van der Waals surface area contributed by atoms with E-state index in [1.165, 1.54) is 58.0 Å². The fourth-order valence-electron chi connectivity index (χ4n) is 3.96. The van der Waals surface area contributed by atoms with Crippen molar-refractivity contribution in [2.75, 3.05) is 26.7 Å². The van der Waals surface area contributed by atoms with Gasteiger partial charge in [-0.05, 0) is 71.5 Å². The molecule has 2 fully saturated rings. The van der Waals surface area contributed by atoms with Crippen molar-refractivity contribution in [2.24, 2.45) is 5.92 Å². The van der Waals surface area contributed by atoms with Crippen LogP contribution in [0.4, 0.5) is 0 Å². The molecule has 3 atom stereocenters. The molecule has 0 aromatic heterocycles. The first kappa shape index (κ1) is 15.3. The number of hydrogen-bond donors (Lipinski definition) is 2. The number of rotatable bonds is 6. The number of aliphatic hydroxyl groups is 1. The molecule has 0 aromatic carbocycles. The first-order chi connectivity index (χ1) is 9.18. The Balaban J connectivity index is 1.78. The molecule has 3 unspecified atom stereocenters. The maximum absolute atomic E-state index is 9.43. The van der Waals surface area contributed by atoms with E-state index < -0.39 is 0 Å². The molecule has 112 valence electrons. The summed E-state index contributed by atoms with van der Waals surface area (Å²) >= 11 is 0. The van der Waals surface area contributed by atoms with E-state index in [1.807, 2.05) is 7.05 Å². The lowest BCUT2D eigenvalue weighted by Crippen LogP contribution is -2.48. The molecule has 0 aromatic rings. The number of hydrogen-bond acceptors (Lipinski definition) is 3. The van der Waals surface area contributed by atoms with Gasteiger partial charge in [-0.1, -0.05) is 12.8 Å². The summed E-state index contributed by atoms with van der Waals surface area (Å²) < 4.78 is 0. The lowest BCUT2D eigenvalue weighted by molar-refractivity contribution is 0.0562. The Labute approximate surface area is 118 Å². The zero-order valence-electron chi connectivity index (χ0n) is 12.8. The average Bonchev–Trinajstić information content (AvgIpc) is 2.47. The van der Waals surface area contributed by atoms with Crippen LogP contribution in [0.3, 0.4) is 0 Å². The number of fused-ring (bicyclic) bond motifs is 1. The minimum atomic E-state index is -0.0955. The molecule has 1 saturated heterocycles. The van der Waals surface area contributed by atoms with Crippen LogP contribution in [0.1, 0.15) is 58.3 Å². The smallest absolute Gasteiger partial charge is 0.0610 e. The molecule has 0 bridgehead atoms. The van der Waals surface area contributed by atoms with Crippen molar-refractivity contribution in [1.29, 1.82) is 0 Å². The summed E-state index contributed by atoms with van der Waals surface area (Å²) in [5.41, 5.74) is -0.0955. The molecular formula is C16H32N2O. The number of nitrogens with zero attached hydrogens (tertiary/aromatic N) is 1. The standard InChI is InChI=1S/C16H32N2O/c1-16(13-19,17-2)10-6-12-18-11-5-8-14-7-3-4-9-15(14)18/h14-15,17,19H,3-13H2,1-2H3. The number of piperidine rings is 1. The second kappa shape index (κ2) is 7.05. The summed E-state index contributed by atoms with van der Waals surface area (Å²) in [4.78, 5) is 2.75. The molecule has 1 aliphatic carbocycles. The van der Waals surface area contributed by atoms with Crippen molar-refractivity contribution in [3.05, 3.63) is 0 Å². The minimum Gasteiger partial charge on any atom is -0.394 e. The van der Waals surface area contributed by atoms with E-state index >= 15 is 0 Å². The van der Waals surface area contributed by atoms with E-state index in [1.54, 1.807) is 0 Å². The predicted octanol–water partition coefficient (Wildman–Crippen LogP) is 2.39. The van der Waals surface area contributed by atoms with Crippen LogP contribution in [-0.4, -0.2) is 48.3 Å². The zero-order valence-corrected chi connectivity index (χ0v) is 12.8. The van der Waals surface area contributed by atoms with Crippen LogP contribution in [0.15, 0.2) is 0 Å². The molecule has 2 N–H and O–H groups in total. The molecule has 0 amide bonds. The van der Waals surface area contributed by atoms with Gasteiger partial charge >= 0.3 is 0 Å². The number of nitrogens with one attached hydrogen (secondary N) is 1. The molecule has 0 radical (unpaired) electrons. The second-order valence-electron chi connectivity index (χ2n) is 6.86. The lowest BCUT2D eigenvalue weighted by atomic mass is 9.78. The van der Waals surface area contributed by atoms with Gasteiger partial charge in [0.1, 0.15) is 0 Å². The molecular weight excluding hydrogens is 236 g/mol. The third-order valence-corrected chi connectivity index (χ3v) is 5.48. The second-order valence-corrected chi connectivity index (χ2v) is 6.86. The summed E-state index contributed by atoms with van der Waals surface area (Å²) in [6, 6.07) is 0.873. The molecule has 1 heterocycles. The monoisotopic (exact) mass is 268 g/mol. The number of aliphatic hydroxyl groups excluding tert-OH is 1. The normalized spacial score (nSPS) is 31.7. The minimum absolute atomic E-state index is 0.0955. The highest BCUT2D eigenvalue weighted by molar-refractivity contribution is 4.88. The van der Waals surface area contributed by atoms with E-state index in [4.69, 9.17) is 0 Å². The third-order valence-electron chi connectivity index (χ3n) is 5.48. The molecule has 1 aliphatic heterocycles. The van der Waals surface area contributed by atoms with Gasteiger partial charge in [-0.3, -0.25) is 0 Å². The third kappa shape index (κ3) is 3.93. The van der Waals surface area contributed by atoms with Gasteiger partial charge in [0.15, 0.2) is 0 Å². The maximum Gasteiger partial charge on any atom is 0.0610 e. The fourth-order valence-corrected chi connectivity index (χ4v) is 3.96. The van der Waals surface area contributed by atoms with Crippen molar-refractivity contribution >= 4 is 0 Å². The summed E-state index contributed by atoms with van der Waals surface area (Å²) in [5.74, 6) is 0.982. The van der Waals surface area contributed by atoms with Gasteiger partial charge in [0.05, 0.1) is 6.61 Å². The van der Waals surface area contributed by atoms with Crippen molar-refractivity contribution in [2.45, 2.75) is 69.9 Å². The van der Waals surface area contributed by atoms with Gasteiger partial charge in [-0.15, -0.1) is 0 Å². The van der Waals surface area contributed by atoms with E-state index in [9.17, 15) is 5.11 Å². The topological polar surface area (TPSA) is 35.5 Å². The average molecular weight is 268 g/mol. The van der Waals surface area contributed by atoms with Crippen LogP contribution in [0, 0.1) is 5.92 Å². The van der Waals surface area contributed by atoms with Crippen molar-refractivity contribution in [1.82, 2.24) is 10.2 Å². The van der Waals surface area contributed by atoms with Crippen LogP contribution >= 0.6 is 0 Å². The summed E-state index contributed by atoms with van der Waals surface area (Å²) in [6.07, 6.45) is 10.9. The Kier molecular flexibility index (Phi) is 5.67. The Morgan fingerprint density at radius 1 is 1.21 bits per heavy atom. The predicted molar refractivity (Wildman–Crippen MR) is 80.3 cm³/mol. The molecule has 3 nitrogen and oxygen atoms in total. The Bertz CT molecular complexity index is 263. The Morgan fingerprint density at radius 2 is 1.95 bits per heavy atom. The maximum atomic E-state index is 9.43. The number of likely N-dealkylation sites (tertiary alicyclic amines) is 1. The van der Waals surface area contributed by atoms with E-state index in [-0.39, 0.29) is 12.1 Å². The van der Waals surface area contributed by atoms with Gasteiger partial charge in [-0.25, -0.2) is 0 Å². The van der Waals surface area contributed by atoms with Crippen LogP contribution < -0.4 is 5.32 Å². The van der Waals surface area contributed by atoms with E-state index in [0.29, 0.717) is 0 Å². The van der Waals surface area contributed by atoms with E-state index in [0.717, 1.165) is 18.4 Å². The number of likely N-dealkylation sites (N-methyl/N-ethyl adjacent to an activating group) is 1. The fraction of sp³-hybridized carbons (Fsp3) is 1.00. The highest BCUT2D eigenvalue weighted by Crippen LogP contribution is 2.35. The van der Waals surface area contributed by atoms with Crippen molar-refractivity contribution in [3.8, 4) is 0 Å². The lowest BCUT2D eigenvalue weighted by Gasteiger charge is -2.44. The molecule has 1 saturated carbocycles. The van der Waals surface area contributed by atoms with Crippen LogP contribution in [-0.2, 0) is 0 Å². The van der Waals surface area contributed by atoms with Gasteiger partial charge in [-0.2, -0.15) is 0 Å². The first-order valence-electron chi connectivity index (χ1n) is 8.22. The Hall–Kier alpha value is -0.120. The molecule has 0 spiro atoms. The summed E-state index contributed by atoms with van der Waals surface area (Å²) in [7, 11) is 1.95. The SMILES string of the molecule is CNC(C)(CO)CCCN1CCCC2CCCCC21. The van der Waals surface area contributed by atoms with Crippen LogP contribution in [0.25, 0.3) is 0 Å². The van der Waals surface area contributed by atoms with Gasteiger partial charge in [0, 0.05) is 11.6 Å². The Morgan fingerprint density at radius 3 is 2.68 bits per heavy atom. The highest BCUT2D eigenvalue weighted by atomic mass is 16.3. The molecule has 2 aliphatic rings. The molecule has 19 heavy (non-hydrogen) atoms. The van der Waals surface area contributed by atoms with Crippen LogP contribution in [0.5, 0.6) is 0 Å². The van der Waals surface area contributed by atoms with E-state index in [2.05, 4.69) is 17.1 Å². The van der Waals surface area contributed by atoms with Gasteiger partial charge < -0.3 is 15.3 Å². The highest BCUT2D eigenvalue weighted by Gasteiger charge is 2.33. The van der Waals surface area contributed by atoms with Crippen LogP contribution in [0.2, 0.25) is 0 Å². The molecule has 3 heteroatoms. The zero-order chi connectivity index (χ0) is 13.7. The summed E-state index contributed by atoms with van der Waals surface area (Å²) in [5, 5.41) is 12.7. The molecule has 2 rings (SSSR count).